The molecule has 1 N–H and O–H groups in total. The van der Waals surface area contributed by atoms with Crippen LogP contribution in [0, 0.1) is 33.2 Å². The maximum absolute atomic E-state index is 8.46. The third-order valence-electron chi connectivity index (χ3n) is 1.67. The fourth-order valence-corrected chi connectivity index (χ4v) is 1.25. The van der Waals surface area contributed by atoms with Crippen molar-refractivity contribution in [3.8, 4) is 12.1 Å². The summed E-state index contributed by atoms with van der Waals surface area (Å²) in [5.74, 6) is 0. The van der Waals surface area contributed by atoms with Crippen molar-refractivity contribution in [3.63, 3.8) is 0 Å². The van der Waals surface area contributed by atoms with Gasteiger partial charge in [-0.2, -0.15) is 15.6 Å². The van der Waals surface area contributed by atoms with Crippen molar-refractivity contribution in [2.75, 3.05) is 5.43 Å². The van der Waals surface area contributed by atoms with E-state index < -0.39 is 0 Å². The predicted octanol–water partition coefficient (Wildman–Crippen LogP) is 2.41. The molecule has 0 fully saturated rings. The summed E-state index contributed by atoms with van der Waals surface area (Å²) in [4.78, 5) is 0. The van der Waals surface area contributed by atoms with Crippen LogP contribution in [0.25, 0.3) is 0 Å². The zero-order valence-electron chi connectivity index (χ0n) is 7.95. The smallest absolute Gasteiger partial charge is 0.237 e. The van der Waals surface area contributed by atoms with E-state index in [4.69, 9.17) is 10.5 Å². The molecule has 0 aliphatic rings. The Bertz CT molecular complexity index is 463. The number of hydrazone groups is 1. The van der Waals surface area contributed by atoms with Crippen LogP contribution < -0.4 is 5.43 Å². The van der Waals surface area contributed by atoms with Gasteiger partial charge in [0.1, 0.15) is 12.1 Å². The lowest BCUT2D eigenvalue weighted by atomic mass is 10.2. The first-order valence-electron chi connectivity index (χ1n) is 4.07. The van der Waals surface area contributed by atoms with Crippen LogP contribution in [-0.4, -0.2) is 5.71 Å². The molecule has 0 heterocycles. The van der Waals surface area contributed by atoms with Crippen LogP contribution in [0.4, 0.5) is 5.69 Å². The highest BCUT2D eigenvalue weighted by Crippen LogP contribution is 2.16. The second-order valence-electron chi connectivity index (χ2n) is 2.76. The van der Waals surface area contributed by atoms with Crippen molar-refractivity contribution < 1.29 is 0 Å². The third-order valence-corrected chi connectivity index (χ3v) is 2.88. The maximum atomic E-state index is 8.46. The Morgan fingerprint density at radius 3 is 2.60 bits per heavy atom. The molecular weight excluding hydrogens is 303 g/mol. The van der Waals surface area contributed by atoms with Crippen molar-refractivity contribution >= 4 is 34.0 Å². The number of hydrogen-bond acceptors (Lipinski definition) is 4. The van der Waals surface area contributed by atoms with E-state index >= 15 is 0 Å². The van der Waals surface area contributed by atoms with E-state index in [1.54, 1.807) is 12.1 Å². The van der Waals surface area contributed by atoms with Gasteiger partial charge in [-0.25, -0.2) is 0 Å². The molecule has 0 aliphatic carbocycles. The first kappa shape index (κ1) is 11.5. The van der Waals surface area contributed by atoms with Crippen LogP contribution in [0.5, 0.6) is 0 Å². The summed E-state index contributed by atoms with van der Waals surface area (Å²) in [7, 11) is 0. The number of hydrogen-bond donors (Lipinski definition) is 1. The fraction of sp³-hybridized carbons (Fsp3) is 0.100. The van der Waals surface area contributed by atoms with Crippen LogP contribution in [0.1, 0.15) is 5.56 Å². The minimum absolute atomic E-state index is 0.189. The maximum Gasteiger partial charge on any atom is 0.237 e. The van der Waals surface area contributed by atoms with E-state index in [2.05, 4.69) is 33.1 Å². The van der Waals surface area contributed by atoms with Crippen LogP contribution in [0.15, 0.2) is 23.3 Å². The molecule has 0 atom stereocenters. The average molecular weight is 310 g/mol. The van der Waals surface area contributed by atoms with Crippen LogP contribution >= 0.6 is 22.6 Å². The SMILES string of the molecule is Cc1cc(NN=C(C#N)C#N)ccc1I. The number of rotatable bonds is 2. The van der Waals surface area contributed by atoms with Gasteiger partial charge in [-0.1, -0.05) is 0 Å². The van der Waals surface area contributed by atoms with Gasteiger partial charge in [-0.15, -0.1) is 0 Å². The zero-order valence-corrected chi connectivity index (χ0v) is 10.1. The van der Waals surface area contributed by atoms with E-state index in [1.807, 2.05) is 25.1 Å². The number of nitrogens with zero attached hydrogens (tertiary/aromatic N) is 3. The number of benzene rings is 1. The molecule has 1 rings (SSSR count). The van der Waals surface area contributed by atoms with Gasteiger partial charge >= 0.3 is 0 Å². The van der Waals surface area contributed by atoms with E-state index in [-0.39, 0.29) is 5.71 Å². The molecule has 0 aromatic heterocycles. The van der Waals surface area contributed by atoms with Crippen LogP contribution in [0.3, 0.4) is 0 Å². The lowest BCUT2D eigenvalue weighted by molar-refractivity contribution is 1.31. The molecule has 5 heteroatoms. The summed E-state index contributed by atoms with van der Waals surface area (Å²) in [5.41, 5.74) is 4.34. The summed E-state index contributed by atoms with van der Waals surface area (Å²) in [6, 6.07) is 9.02. The molecule has 0 bridgehead atoms. The highest BCUT2D eigenvalue weighted by atomic mass is 127. The molecule has 0 saturated heterocycles. The summed E-state index contributed by atoms with van der Waals surface area (Å²) in [6.45, 7) is 1.98. The Balaban J connectivity index is 2.84. The molecule has 1 aromatic rings. The number of halogens is 1. The Hall–Kier alpha value is -1.60. The molecule has 0 unspecified atom stereocenters. The van der Waals surface area contributed by atoms with Gasteiger partial charge in [0.15, 0.2) is 0 Å². The fourth-order valence-electron chi connectivity index (χ4n) is 0.910. The third kappa shape index (κ3) is 3.22. The van der Waals surface area contributed by atoms with Gasteiger partial charge in [0.2, 0.25) is 5.71 Å². The highest BCUT2D eigenvalue weighted by Gasteiger charge is 1.97. The zero-order chi connectivity index (χ0) is 11.3. The summed E-state index contributed by atoms with van der Waals surface area (Å²) in [6.07, 6.45) is 0. The quantitative estimate of drug-likeness (QED) is 0.518. The Labute approximate surface area is 101 Å². The van der Waals surface area contributed by atoms with Crippen molar-refractivity contribution in [2.45, 2.75) is 6.92 Å². The van der Waals surface area contributed by atoms with Gasteiger partial charge in [0.05, 0.1) is 5.69 Å². The molecule has 74 valence electrons. The molecule has 1 aromatic carbocycles. The highest BCUT2D eigenvalue weighted by molar-refractivity contribution is 14.1. The van der Waals surface area contributed by atoms with E-state index in [1.165, 1.54) is 0 Å². The second kappa shape index (κ2) is 5.32. The van der Waals surface area contributed by atoms with E-state index in [0.717, 1.165) is 14.8 Å². The van der Waals surface area contributed by atoms with E-state index in [0.29, 0.717) is 0 Å². The monoisotopic (exact) mass is 310 g/mol. The number of nitriles is 2. The molecule has 0 amide bonds. The van der Waals surface area contributed by atoms with Crippen molar-refractivity contribution in [1.82, 2.24) is 0 Å². The standard InChI is InChI=1S/C10H7IN4/c1-7-4-8(2-3-10(7)11)14-15-9(5-12)6-13/h2-4,14H,1H3. The first-order chi connectivity index (χ1) is 7.17. The summed E-state index contributed by atoms with van der Waals surface area (Å²) in [5, 5.41) is 20.6. The minimum atomic E-state index is -0.189. The summed E-state index contributed by atoms with van der Waals surface area (Å²) >= 11 is 2.23. The van der Waals surface area contributed by atoms with Gasteiger partial charge < -0.3 is 0 Å². The van der Waals surface area contributed by atoms with Crippen molar-refractivity contribution in [1.29, 1.82) is 10.5 Å². The van der Waals surface area contributed by atoms with Crippen molar-refractivity contribution in [2.24, 2.45) is 5.10 Å². The van der Waals surface area contributed by atoms with E-state index in [9.17, 15) is 0 Å². The molecule has 0 aliphatic heterocycles. The Morgan fingerprint density at radius 1 is 1.40 bits per heavy atom. The van der Waals surface area contributed by atoms with Gasteiger partial charge in [-0.05, 0) is 53.3 Å². The largest absolute Gasteiger partial charge is 0.277 e. The lowest BCUT2D eigenvalue weighted by Crippen LogP contribution is -1.96. The van der Waals surface area contributed by atoms with Crippen LogP contribution in [-0.2, 0) is 0 Å². The molecular formula is C10H7IN4. The molecule has 0 saturated carbocycles. The Kier molecular flexibility index (Phi) is 4.07. The van der Waals surface area contributed by atoms with Crippen LogP contribution in [0.2, 0.25) is 0 Å². The number of aryl methyl sites for hydroxylation is 1. The van der Waals surface area contributed by atoms with Gasteiger partial charge in [0.25, 0.3) is 0 Å². The topological polar surface area (TPSA) is 72.0 Å². The molecule has 4 nitrogen and oxygen atoms in total. The molecule has 0 spiro atoms. The van der Waals surface area contributed by atoms with Gasteiger partial charge in [0, 0.05) is 3.57 Å². The Morgan fingerprint density at radius 2 is 2.07 bits per heavy atom. The summed E-state index contributed by atoms with van der Waals surface area (Å²) < 4.78 is 1.16. The van der Waals surface area contributed by atoms with Crippen molar-refractivity contribution in [3.05, 3.63) is 27.3 Å². The predicted molar refractivity (Wildman–Crippen MR) is 66.2 cm³/mol. The number of anilines is 1. The average Bonchev–Trinajstić information content (AvgIpc) is 2.24. The first-order valence-corrected chi connectivity index (χ1v) is 5.15. The molecule has 15 heavy (non-hydrogen) atoms. The second-order valence-corrected chi connectivity index (χ2v) is 3.92. The normalized spacial score (nSPS) is 8.53. The molecule has 0 radical (unpaired) electrons. The number of nitrogens with one attached hydrogen (secondary N) is 1. The lowest BCUT2D eigenvalue weighted by Gasteiger charge is -2.02. The minimum Gasteiger partial charge on any atom is -0.277 e. The van der Waals surface area contributed by atoms with Gasteiger partial charge in [-0.3, -0.25) is 5.43 Å².